The van der Waals surface area contributed by atoms with Gasteiger partial charge in [0.05, 0.1) is 0 Å². The molecule has 0 aliphatic heterocycles. The van der Waals surface area contributed by atoms with Gasteiger partial charge < -0.3 is 4.90 Å². The third kappa shape index (κ3) is 5.37. The number of alkyl halides is 2. The van der Waals surface area contributed by atoms with Gasteiger partial charge in [-0.3, -0.25) is 0 Å². The van der Waals surface area contributed by atoms with Gasteiger partial charge in [0.15, 0.2) is 0 Å². The van der Waals surface area contributed by atoms with E-state index < -0.39 is 7.92 Å². The summed E-state index contributed by atoms with van der Waals surface area (Å²) in [6, 6.07) is 8.79. The summed E-state index contributed by atoms with van der Waals surface area (Å²) in [6.45, 7) is 11.2. The standard InChI is InChI=1S/C16H26Cl2NP.Pd/c1-15(2,3)20(16(4,5)14(17)18)13-10-8-12(9-11-13)19(6)7;/h8-11,14H,1-7H3;/q;+1. The van der Waals surface area contributed by atoms with Crippen LogP contribution >= 0.6 is 31.1 Å². The van der Waals surface area contributed by atoms with Crippen molar-refractivity contribution in [2.45, 2.75) is 49.8 Å². The van der Waals surface area contributed by atoms with Crippen molar-refractivity contribution in [2.24, 2.45) is 0 Å². The Morgan fingerprint density at radius 1 is 0.952 bits per heavy atom. The van der Waals surface area contributed by atoms with Crippen LogP contribution in [0, 0.1) is 0 Å². The molecular weight excluding hydrogens is 414 g/mol. The minimum Gasteiger partial charge on any atom is -0.378 e. The summed E-state index contributed by atoms with van der Waals surface area (Å²) in [6.07, 6.45) is 0. The maximum Gasteiger partial charge on any atom is 1.00 e. The summed E-state index contributed by atoms with van der Waals surface area (Å²) >= 11 is 12.6. The van der Waals surface area contributed by atoms with Gasteiger partial charge in [0.1, 0.15) is 4.84 Å². The van der Waals surface area contributed by atoms with E-state index in [4.69, 9.17) is 23.2 Å². The fraction of sp³-hybridized carbons (Fsp3) is 0.625. The molecule has 0 heterocycles. The molecule has 0 aromatic heterocycles. The number of anilines is 1. The third-order valence-corrected chi connectivity index (χ3v) is 8.37. The summed E-state index contributed by atoms with van der Waals surface area (Å²) in [5.74, 6) is 0. The smallest absolute Gasteiger partial charge is 0.378 e. The molecule has 0 saturated heterocycles. The van der Waals surface area contributed by atoms with Crippen molar-refractivity contribution in [1.82, 2.24) is 0 Å². The molecule has 0 bridgehead atoms. The van der Waals surface area contributed by atoms with Gasteiger partial charge in [0, 0.05) is 24.9 Å². The van der Waals surface area contributed by atoms with Gasteiger partial charge in [0.2, 0.25) is 0 Å². The van der Waals surface area contributed by atoms with E-state index >= 15 is 0 Å². The zero-order valence-corrected chi connectivity index (χ0v) is 17.8. The molecule has 1 atom stereocenters. The molecule has 0 amide bonds. The minimum atomic E-state index is -0.494. The summed E-state index contributed by atoms with van der Waals surface area (Å²) in [5, 5.41) is 1.38. The number of rotatable bonds is 4. The number of hydrogen-bond donors (Lipinski definition) is 0. The molecule has 1 unspecified atom stereocenters. The van der Waals surface area contributed by atoms with Crippen LogP contribution in [0.25, 0.3) is 0 Å². The molecule has 1 rings (SSSR count). The predicted octanol–water partition coefficient (Wildman–Crippen LogP) is 5.24. The minimum absolute atomic E-state index is 0. The monoisotopic (exact) mass is 439 g/mol. The average Bonchev–Trinajstić information content (AvgIpc) is 2.27. The Kier molecular flexibility index (Phi) is 8.25. The van der Waals surface area contributed by atoms with Crippen LogP contribution in [0.15, 0.2) is 24.3 Å². The van der Waals surface area contributed by atoms with Gasteiger partial charge in [0.25, 0.3) is 0 Å². The molecule has 1 aromatic rings. The van der Waals surface area contributed by atoms with Crippen LogP contribution in [0.4, 0.5) is 5.69 Å². The largest absolute Gasteiger partial charge is 1.00 e. The maximum absolute atomic E-state index is 6.28. The summed E-state index contributed by atoms with van der Waals surface area (Å²) < 4.78 is 0. The van der Waals surface area contributed by atoms with Crippen LogP contribution in [-0.4, -0.2) is 29.2 Å². The molecule has 1 nitrogen and oxygen atoms in total. The van der Waals surface area contributed by atoms with Gasteiger partial charge in [-0.15, -0.1) is 23.2 Å². The molecule has 21 heavy (non-hydrogen) atoms. The van der Waals surface area contributed by atoms with Crippen LogP contribution in [0.5, 0.6) is 0 Å². The van der Waals surface area contributed by atoms with Crippen molar-refractivity contribution >= 4 is 42.1 Å². The van der Waals surface area contributed by atoms with Crippen molar-refractivity contribution < 1.29 is 20.4 Å². The Bertz CT molecular complexity index is 439. The van der Waals surface area contributed by atoms with E-state index in [1.54, 1.807) is 0 Å². The molecule has 0 fully saturated rings. The van der Waals surface area contributed by atoms with Crippen molar-refractivity contribution in [2.75, 3.05) is 19.0 Å². The van der Waals surface area contributed by atoms with Crippen molar-refractivity contribution in [3.8, 4) is 0 Å². The molecule has 0 aliphatic carbocycles. The van der Waals surface area contributed by atoms with E-state index in [9.17, 15) is 0 Å². The van der Waals surface area contributed by atoms with Crippen molar-refractivity contribution in [3.05, 3.63) is 24.3 Å². The Hall–Kier alpha value is 0.692. The molecule has 0 saturated carbocycles. The first kappa shape index (κ1) is 21.7. The van der Waals surface area contributed by atoms with Gasteiger partial charge in [-0.25, -0.2) is 0 Å². The molecule has 1 aromatic carbocycles. The molecule has 1 radical (unpaired) electrons. The van der Waals surface area contributed by atoms with Crippen LogP contribution in [-0.2, 0) is 20.4 Å². The van der Waals surface area contributed by atoms with E-state index in [0.29, 0.717) is 0 Å². The Morgan fingerprint density at radius 2 is 1.38 bits per heavy atom. The van der Waals surface area contributed by atoms with Crippen LogP contribution in [0.3, 0.4) is 0 Å². The van der Waals surface area contributed by atoms with E-state index in [0.717, 1.165) is 0 Å². The van der Waals surface area contributed by atoms with Crippen LogP contribution in [0.1, 0.15) is 34.6 Å². The Labute approximate surface area is 155 Å². The number of benzene rings is 1. The molecule has 0 N–H and O–H groups in total. The fourth-order valence-corrected chi connectivity index (χ4v) is 6.98. The number of nitrogens with zero attached hydrogens (tertiary/aromatic N) is 1. The van der Waals surface area contributed by atoms with Crippen molar-refractivity contribution in [3.63, 3.8) is 0 Å². The van der Waals surface area contributed by atoms with E-state index in [1.807, 2.05) is 0 Å². The van der Waals surface area contributed by atoms with Gasteiger partial charge in [-0.2, -0.15) is 0 Å². The number of halogens is 2. The Balaban J connectivity index is 0.00000400. The van der Waals surface area contributed by atoms with E-state index in [1.165, 1.54) is 11.0 Å². The topological polar surface area (TPSA) is 3.24 Å². The number of hydrogen-bond acceptors (Lipinski definition) is 1. The molecular formula is C16H26Cl2NPPd+. The zero-order chi connectivity index (χ0) is 15.7. The SMILES string of the molecule is CN(C)c1ccc(P(C(C)(C)C)C(C)(C)C(Cl)Cl)cc1.[Pd+]. The first-order valence-electron chi connectivity index (χ1n) is 6.84. The van der Waals surface area contributed by atoms with Gasteiger partial charge in [-0.05, 0) is 22.6 Å². The van der Waals surface area contributed by atoms with Gasteiger partial charge >= 0.3 is 20.4 Å². The first-order valence-corrected chi connectivity index (χ1v) is 9.05. The fourth-order valence-electron chi connectivity index (χ4n) is 2.58. The molecule has 0 spiro atoms. The third-order valence-electron chi connectivity index (χ3n) is 3.41. The van der Waals surface area contributed by atoms with Gasteiger partial charge in [-0.1, -0.05) is 54.7 Å². The average molecular weight is 441 g/mol. The summed E-state index contributed by atoms with van der Waals surface area (Å²) in [4.78, 5) is 1.74. The summed E-state index contributed by atoms with van der Waals surface area (Å²) in [7, 11) is 3.62. The molecule has 123 valence electrons. The molecule has 0 aliphatic rings. The van der Waals surface area contributed by atoms with Crippen LogP contribution < -0.4 is 10.2 Å². The predicted molar refractivity (Wildman–Crippen MR) is 96.6 cm³/mol. The van der Waals surface area contributed by atoms with Crippen molar-refractivity contribution in [1.29, 1.82) is 0 Å². The second kappa shape index (κ2) is 7.99. The maximum atomic E-state index is 6.28. The second-order valence-electron chi connectivity index (χ2n) is 6.87. The zero-order valence-electron chi connectivity index (χ0n) is 13.9. The normalized spacial score (nSPS) is 13.8. The van der Waals surface area contributed by atoms with E-state index in [2.05, 4.69) is 77.9 Å². The van der Waals surface area contributed by atoms with Crippen LogP contribution in [0.2, 0.25) is 0 Å². The first-order chi connectivity index (χ1) is 8.98. The Morgan fingerprint density at radius 3 is 1.67 bits per heavy atom. The van der Waals surface area contributed by atoms with E-state index in [-0.39, 0.29) is 35.6 Å². The second-order valence-corrected chi connectivity index (χ2v) is 11.6. The summed E-state index contributed by atoms with van der Waals surface area (Å²) in [5.41, 5.74) is 1.21. The quantitative estimate of drug-likeness (QED) is 0.352. The molecule has 5 heteroatoms.